The van der Waals surface area contributed by atoms with Crippen molar-refractivity contribution in [3.05, 3.63) is 0 Å². The van der Waals surface area contributed by atoms with E-state index in [0.29, 0.717) is 0 Å². The summed E-state index contributed by atoms with van der Waals surface area (Å²) in [4.78, 5) is 0. The van der Waals surface area contributed by atoms with Crippen LogP contribution in [0.4, 0.5) is 0 Å². The Morgan fingerprint density at radius 1 is 1.25 bits per heavy atom. The Kier molecular flexibility index (Phi) is 21.7. The number of hydrogen-bond donors (Lipinski definition) is 0. The summed E-state index contributed by atoms with van der Waals surface area (Å²) in [6.07, 6.45) is 0. The Hall–Kier alpha value is 2.36. The molecule has 0 amide bonds. The first kappa shape index (κ1) is 9.61. The molecule has 0 heterocycles. The van der Waals surface area contributed by atoms with Crippen molar-refractivity contribution in [1.82, 2.24) is 0 Å². The van der Waals surface area contributed by atoms with Gasteiger partial charge in [-0.3, -0.25) is 0 Å². The van der Waals surface area contributed by atoms with Gasteiger partial charge in [-0.2, -0.15) is 0 Å². The third-order valence-electron chi connectivity index (χ3n) is 0. The van der Waals surface area contributed by atoms with Gasteiger partial charge in [0.25, 0.3) is 0 Å². The van der Waals surface area contributed by atoms with Crippen LogP contribution in [-0.2, 0) is 15.9 Å². The molecule has 0 unspecified atom stereocenters. The molecule has 4 heavy (non-hydrogen) atoms. The van der Waals surface area contributed by atoms with Gasteiger partial charge in [0.15, 0.2) is 0 Å². The van der Waals surface area contributed by atoms with E-state index in [1.807, 2.05) is 0 Å². The second-order valence-corrected chi connectivity index (χ2v) is 39.9. The van der Waals surface area contributed by atoms with Crippen molar-refractivity contribution in [3.63, 3.8) is 0 Å². The van der Waals surface area contributed by atoms with Gasteiger partial charge in [0.2, 0.25) is 0 Å². The summed E-state index contributed by atoms with van der Waals surface area (Å²) in [6.45, 7) is 0. The van der Waals surface area contributed by atoms with E-state index in [4.69, 9.17) is 0 Å². The average molecular weight is 472 g/mol. The molecule has 0 aliphatic carbocycles. The zero-order chi connectivity index (χ0) is 2.71. The molecule has 0 rings (SSSR count). The van der Waals surface area contributed by atoms with E-state index in [1.165, 1.54) is 0 Å². The molecule has 0 bridgehead atoms. The molecule has 0 radical (unpaired) electrons. The van der Waals surface area contributed by atoms with E-state index in [2.05, 4.69) is 35.3 Å². The standard InChI is InChI=1S/Hg.2HI.H2O/h;2*1H;1H2/q+2;;;/p-2. The molecule has 4 heteroatoms. The summed E-state index contributed by atoms with van der Waals surface area (Å²) < 4.78 is 0. The van der Waals surface area contributed by atoms with Crippen LogP contribution in [0.2, 0.25) is 0 Å². The first-order valence-corrected chi connectivity index (χ1v) is 31.5. The van der Waals surface area contributed by atoms with E-state index in [0.717, 1.165) is 0 Å². The van der Waals surface area contributed by atoms with Crippen LogP contribution in [-0.4, -0.2) is 5.48 Å². The second kappa shape index (κ2) is 9.02. The summed E-state index contributed by atoms with van der Waals surface area (Å²) >= 11 is 4.85. The Morgan fingerprint density at radius 3 is 1.25 bits per heavy atom. The average Bonchev–Trinajstić information content (AvgIpc) is 0.918. The van der Waals surface area contributed by atoms with Crippen LogP contribution in [0.15, 0.2) is 0 Å². The van der Waals surface area contributed by atoms with Crippen LogP contribution in [0.25, 0.3) is 0 Å². The minimum absolute atomic E-state index is 0. The third-order valence-corrected chi connectivity index (χ3v) is 0. The predicted octanol–water partition coefficient (Wildman–Crippen LogP) is 0.944. The first-order chi connectivity index (χ1) is 1.41. The monoisotopic (exact) mass is 474 g/mol. The van der Waals surface area contributed by atoms with Gasteiger partial charge in [-0.1, -0.05) is 0 Å². The summed E-state index contributed by atoms with van der Waals surface area (Å²) in [5.74, 6) is 0. The molecule has 0 aliphatic rings. The zero-order valence-corrected chi connectivity index (χ0v) is 11.8. The molecule has 0 spiro atoms. The van der Waals surface area contributed by atoms with Crippen LogP contribution < -0.4 is 0 Å². The van der Waals surface area contributed by atoms with Gasteiger partial charge in [-0.15, -0.1) is 0 Å². The van der Waals surface area contributed by atoms with Gasteiger partial charge < -0.3 is 5.48 Å². The SMILES string of the molecule is O.[I][Hg][I]. The number of hydrogen-bond acceptors (Lipinski definition) is 0. The molecule has 0 aromatic carbocycles. The Labute approximate surface area is 55.4 Å². The maximum atomic E-state index is 2.50. The molecule has 24 valence electrons. The Bertz CT molecular complexity index is 6.00. The van der Waals surface area contributed by atoms with Crippen molar-refractivity contribution in [1.29, 1.82) is 0 Å². The van der Waals surface area contributed by atoms with Crippen LogP contribution in [0, 0.1) is 0 Å². The first-order valence-electron chi connectivity index (χ1n) is 0.535. The molecular weight excluding hydrogens is 470 g/mol. The fourth-order valence-corrected chi connectivity index (χ4v) is 0. The fourth-order valence-electron chi connectivity index (χ4n) is 0. The van der Waals surface area contributed by atoms with Crippen LogP contribution in [0.3, 0.4) is 0 Å². The van der Waals surface area contributed by atoms with Crippen molar-refractivity contribution < 1.29 is 21.4 Å². The molecule has 0 saturated carbocycles. The quantitative estimate of drug-likeness (QED) is 0.372. The third kappa shape index (κ3) is 8.84. The molecule has 2 N–H and O–H groups in total. The van der Waals surface area contributed by atoms with Crippen LogP contribution >= 0.6 is 35.3 Å². The minimum atomic E-state index is -0.143. The maximum absolute atomic E-state index is 2.50. The van der Waals surface area contributed by atoms with Gasteiger partial charge in [0.05, 0.1) is 0 Å². The summed E-state index contributed by atoms with van der Waals surface area (Å²) in [7, 11) is 0. The Morgan fingerprint density at radius 2 is 1.25 bits per heavy atom. The zero-order valence-electron chi connectivity index (χ0n) is 1.96. The fraction of sp³-hybridized carbons (Fsp3) is 0. The van der Waals surface area contributed by atoms with Crippen LogP contribution in [0.5, 0.6) is 0 Å². The van der Waals surface area contributed by atoms with Crippen molar-refractivity contribution in [2.45, 2.75) is 0 Å². The van der Waals surface area contributed by atoms with Crippen molar-refractivity contribution >= 4 is 35.3 Å². The van der Waals surface area contributed by atoms with Gasteiger partial charge in [-0.05, 0) is 0 Å². The summed E-state index contributed by atoms with van der Waals surface area (Å²) in [6, 6.07) is 0. The van der Waals surface area contributed by atoms with E-state index >= 15 is 0 Å². The molecular formula is H2HgI2O. The Balaban J connectivity index is 0. The van der Waals surface area contributed by atoms with Crippen molar-refractivity contribution in [3.8, 4) is 0 Å². The van der Waals surface area contributed by atoms with Gasteiger partial charge in [-0.25, -0.2) is 0 Å². The molecule has 0 aliphatic heterocycles. The molecule has 0 saturated heterocycles. The molecule has 0 fully saturated rings. The molecule has 0 aromatic heterocycles. The summed E-state index contributed by atoms with van der Waals surface area (Å²) in [5, 5.41) is 0. The second-order valence-electron chi connectivity index (χ2n) is 0.101. The van der Waals surface area contributed by atoms with E-state index in [9.17, 15) is 0 Å². The topological polar surface area (TPSA) is 31.5 Å². The number of halogens is 2. The molecule has 0 atom stereocenters. The van der Waals surface area contributed by atoms with Gasteiger partial charge in [0, 0.05) is 0 Å². The van der Waals surface area contributed by atoms with Gasteiger partial charge in [0.1, 0.15) is 0 Å². The van der Waals surface area contributed by atoms with E-state index < -0.39 is 0 Å². The predicted molar refractivity (Wildman–Crippen MR) is 31.7 cm³/mol. The summed E-state index contributed by atoms with van der Waals surface area (Å²) in [5.41, 5.74) is 0. The van der Waals surface area contributed by atoms with Gasteiger partial charge >= 0.3 is 51.2 Å². The molecule has 0 aromatic rings. The normalized spacial score (nSPS) is 2.50. The van der Waals surface area contributed by atoms with E-state index in [-0.39, 0.29) is 21.4 Å². The molecule has 1 nitrogen and oxygen atoms in total. The van der Waals surface area contributed by atoms with Crippen molar-refractivity contribution in [2.75, 3.05) is 0 Å². The van der Waals surface area contributed by atoms with Crippen LogP contribution in [0.1, 0.15) is 0 Å². The number of rotatable bonds is 0. The van der Waals surface area contributed by atoms with Crippen molar-refractivity contribution in [2.24, 2.45) is 0 Å². The van der Waals surface area contributed by atoms with E-state index in [1.54, 1.807) is 0 Å².